The van der Waals surface area contributed by atoms with Crippen molar-refractivity contribution >= 4 is 11.5 Å². The van der Waals surface area contributed by atoms with E-state index in [2.05, 4.69) is 38.1 Å². The summed E-state index contributed by atoms with van der Waals surface area (Å²) in [6, 6.07) is 18.5. The number of rotatable bonds is 8. The average Bonchev–Trinajstić information content (AvgIpc) is 2.75. The smallest absolute Gasteiger partial charge is 0.342 e. The molecule has 0 aromatic heterocycles. The van der Waals surface area contributed by atoms with Crippen molar-refractivity contribution in [2.24, 2.45) is 0 Å². The molecule has 0 N–H and O–H groups in total. The van der Waals surface area contributed by atoms with Crippen LogP contribution in [0, 0.1) is 6.92 Å². The number of benzene rings is 2. The molecule has 0 saturated carbocycles. The SMILES string of the molecule is C/C=C(\C1=C(OC)CC(CCC)(CCc2ccccc2)OC1=O)c1cccc(C)c1. The summed E-state index contributed by atoms with van der Waals surface area (Å²) in [5, 5.41) is 0. The number of carbonyl (C=O) groups excluding carboxylic acids is 1. The van der Waals surface area contributed by atoms with Crippen LogP contribution in [-0.2, 0) is 20.7 Å². The molecule has 3 rings (SSSR count). The normalized spacial score (nSPS) is 19.6. The molecule has 2 aromatic rings. The predicted molar refractivity (Wildman–Crippen MR) is 122 cm³/mol. The Bertz CT molecular complexity index is 940. The molecule has 0 aliphatic carbocycles. The van der Waals surface area contributed by atoms with E-state index in [0.29, 0.717) is 12.0 Å². The van der Waals surface area contributed by atoms with E-state index in [1.807, 2.05) is 43.3 Å². The Kier molecular flexibility index (Phi) is 7.15. The lowest BCUT2D eigenvalue weighted by molar-refractivity contribution is -0.160. The van der Waals surface area contributed by atoms with Crippen LogP contribution in [-0.4, -0.2) is 18.7 Å². The van der Waals surface area contributed by atoms with Crippen molar-refractivity contribution < 1.29 is 14.3 Å². The maximum atomic E-state index is 13.3. The van der Waals surface area contributed by atoms with Gasteiger partial charge in [0, 0.05) is 6.42 Å². The zero-order chi connectivity index (χ0) is 21.6. The van der Waals surface area contributed by atoms with Crippen molar-refractivity contribution in [1.29, 1.82) is 0 Å². The Morgan fingerprint density at radius 3 is 2.53 bits per heavy atom. The summed E-state index contributed by atoms with van der Waals surface area (Å²) in [7, 11) is 1.66. The van der Waals surface area contributed by atoms with Crippen LogP contribution < -0.4 is 0 Å². The van der Waals surface area contributed by atoms with Gasteiger partial charge in [0.1, 0.15) is 16.9 Å². The molecule has 0 radical (unpaired) electrons. The van der Waals surface area contributed by atoms with Gasteiger partial charge in [-0.05, 0) is 49.8 Å². The molecule has 2 aromatic carbocycles. The molecule has 1 atom stereocenters. The number of cyclic esters (lactones) is 1. The first-order chi connectivity index (χ1) is 14.5. The number of carbonyl (C=O) groups is 1. The van der Waals surface area contributed by atoms with Crippen molar-refractivity contribution in [3.05, 3.63) is 88.7 Å². The highest BCUT2D eigenvalue weighted by Crippen LogP contribution is 2.41. The summed E-state index contributed by atoms with van der Waals surface area (Å²) < 4.78 is 12.0. The zero-order valence-corrected chi connectivity index (χ0v) is 18.5. The second-order valence-corrected chi connectivity index (χ2v) is 8.06. The van der Waals surface area contributed by atoms with Crippen molar-refractivity contribution in [3.8, 4) is 0 Å². The van der Waals surface area contributed by atoms with Gasteiger partial charge in [-0.25, -0.2) is 4.79 Å². The molecule has 3 heteroatoms. The Morgan fingerprint density at radius 1 is 1.13 bits per heavy atom. The molecule has 1 heterocycles. The molecule has 0 bridgehead atoms. The van der Waals surface area contributed by atoms with Gasteiger partial charge in [-0.3, -0.25) is 0 Å². The number of methoxy groups -OCH3 is 1. The molecule has 30 heavy (non-hydrogen) atoms. The number of hydrogen-bond acceptors (Lipinski definition) is 3. The van der Waals surface area contributed by atoms with Crippen LogP contribution in [0.3, 0.4) is 0 Å². The molecule has 1 unspecified atom stereocenters. The monoisotopic (exact) mass is 404 g/mol. The maximum absolute atomic E-state index is 13.3. The average molecular weight is 405 g/mol. The van der Waals surface area contributed by atoms with E-state index >= 15 is 0 Å². The highest BCUT2D eigenvalue weighted by Gasteiger charge is 2.42. The third-order valence-electron chi connectivity index (χ3n) is 5.83. The van der Waals surface area contributed by atoms with Gasteiger partial charge < -0.3 is 9.47 Å². The Morgan fingerprint density at radius 2 is 1.90 bits per heavy atom. The molecule has 3 nitrogen and oxygen atoms in total. The Labute approximate surface area is 180 Å². The third kappa shape index (κ3) is 4.84. The molecule has 0 spiro atoms. The lowest BCUT2D eigenvalue weighted by Crippen LogP contribution is -2.41. The number of allylic oxidation sites excluding steroid dienone is 1. The van der Waals surface area contributed by atoms with Crippen LogP contribution in [0.4, 0.5) is 0 Å². The van der Waals surface area contributed by atoms with Gasteiger partial charge in [-0.2, -0.15) is 0 Å². The summed E-state index contributed by atoms with van der Waals surface area (Å²) >= 11 is 0. The Hall–Kier alpha value is -2.81. The summed E-state index contributed by atoms with van der Waals surface area (Å²) in [5.74, 6) is 0.441. The van der Waals surface area contributed by atoms with E-state index in [1.165, 1.54) is 5.56 Å². The standard InChI is InChI=1S/C27H32O3/c1-5-16-27(17-15-21-12-8-7-9-13-21)19-24(29-4)25(26(28)30-27)23(6-2)22-14-10-11-20(3)18-22/h6-14,18H,5,15-17,19H2,1-4H3/b23-6-. The number of hydrogen-bond donors (Lipinski definition) is 0. The lowest BCUT2D eigenvalue weighted by atomic mass is 9.82. The fraction of sp³-hybridized carbons (Fsp3) is 0.370. The minimum absolute atomic E-state index is 0.283. The van der Waals surface area contributed by atoms with Crippen LogP contribution in [0.15, 0.2) is 72.0 Å². The predicted octanol–water partition coefficient (Wildman–Crippen LogP) is 6.42. The number of ether oxygens (including phenoxy) is 2. The van der Waals surface area contributed by atoms with E-state index in [0.717, 1.165) is 48.1 Å². The fourth-order valence-corrected chi connectivity index (χ4v) is 4.36. The zero-order valence-electron chi connectivity index (χ0n) is 18.5. The van der Waals surface area contributed by atoms with Gasteiger partial charge in [0.05, 0.1) is 7.11 Å². The molecular weight excluding hydrogens is 372 g/mol. The molecule has 158 valence electrons. The number of esters is 1. The molecule has 0 amide bonds. The quantitative estimate of drug-likeness (QED) is 0.476. The van der Waals surface area contributed by atoms with Gasteiger partial charge in [0.15, 0.2) is 0 Å². The largest absolute Gasteiger partial charge is 0.500 e. The summed E-state index contributed by atoms with van der Waals surface area (Å²) in [6.45, 7) is 6.14. The summed E-state index contributed by atoms with van der Waals surface area (Å²) in [5.41, 5.74) is 4.31. The summed E-state index contributed by atoms with van der Waals surface area (Å²) in [4.78, 5) is 13.3. The van der Waals surface area contributed by atoms with Gasteiger partial charge in [-0.1, -0.05) is 79.6 Å². The minimum Gasteiger partial charge on any atom is -0.500 e. The van der Waals surface area contributed by atoms with Crippen molar-refractivity contribution in [1.82, 2.24) is 0 Å². The first-order valence-corrected chi connectivity index (χ1v) is 10.8. The molecule has 1 aliphatic heterocycles. The van der Waals surface area contributed by atoms with Crippen LogP contribution in [0.2, 0.25) is 0 Å². The maximum Gasteiger partial charge on any atom is 0.342 e. The van der Waals surface area contributed by atoms with Crippen LogP contribution in [0.1, 0.15) is 56.2 Å². The van der Waals surface area contributed by atoms with Crippen molar-refractivity contribution in [3.63, 3.8) is 0 Å². The first kappa shape index (κ1) is 21.9. The van der Waals surface area contributed by atoms with Gasteiger partial charge in [0.25, 0.3) is 0 Å². The van der Waals surface area contributed by atoms with Crippen LogP contribution >= 0.6 is 0 Å². The van der Waals surface area contributed by atoms with Crippen molar-refractivity contribution in [2.45, 2.75) is 58.5 Å². The lowest BCUT2D eigenvalue weighted by Gasteiger charge is -2.38. The molecular formula is C27H32O3. The fourth-order valence-electron chi connectivity index (χ4n) is 4.36. The minimum atomic E-state index is -0.526. The van der Waals surface area contributed by atoms with Gasteiger partial charge in [-0.15, -0.1) is 0 Å². The topological polar surface area (TPSA) is 35.5 Å². The highest BCUT2D eigenvalue weighted by molar-refractivity contribution is 6.07. The van der Waals surface area contributed by atoms with Gasteiger partial charge >= 0.3 is 5.97 Å². The van der Waals surface area contributed by atoms with E-state index in [-0.39, 0.29) is 5.97 Å². The van der Waals surface area contributed by atoms with Crippen LogP contribution in [0.5, 0.6) is 0 Å². The molecule has 0 fully saturated rings. The van der Waals surface area contributed by atoms with E-state index in [1.54, 1.807) is 7.11 Å². The highest BCUT2D eigenvalue weighted by atomic mass is 16.6. The molecule has 0 saturated heterocycles. The Balaban J connectivity index is 1.95. The van der Waals surface area contributed by atoms with Crippen molar-refractivity contribution in [2.75, 3.05) is 7.11 Å². The molecule has 1 aliphatic rings. The van der Waals surface area contributed by atoms with Crippen LogP contribution in [0.25, 0.3) is 5.57 Å². The second kappa shape index (κ2) is 9.80. The summed E-state index contributed by atoms with van der Waals surface area (Å²) in [6.07, 6.45) is 6.00. The van der Waals surface area contributed by atoms with E-state index < -0.39 is 5.60 Å². The second-order valence-electron chi connectivity index (χ2n) is 8.06. The third-order valence-corrected chi connectivity index (χ3v) is 5.83. The number of aryl methyl sites for hydroxylation is 2. The van der Waals surface area contributed by atoms with E-state index in [9.17, 15) is 4.79 Å². The van der Waals surface area contributed by atoms with Gasteiger partial charge in [0.2, 0.25) is 0 Å². The van der Waals surface area contributed by atoms with E-state index in [4.69, 9.17) is 9.47 Å². The first-order valence-electron chi connectivity index (χ1n) is 10.8.